The van der Waals surface area contributed by atoms with Crippen molar-refractivity contribution in [1.29, 1.82) is 0 Å². The largest absolute Gasteiger partial charge is 0.376 e. The number of nitrogens with one attached hydrogen (secondary N) is 1. The van der Waals surface area contributed by atoms with Crippen molar-refractivity contribution in [2.45, 2.75) is 46.1 Å². The molecule has 0 aliphatic carbocycles. The van der Waals surface area contributed by atoms with Crippen molar-refractivity contribution in [3.8, 4) is 0 Å². The van der Waals surface area contributed by atoms with E-state index in [4.69, 9.17) is 4.74 Å². The highest BCUT2D eigenvalue weighted by Crippen LogP contribution is 2.27. The molecule has 1 N–H and O–H groups in total. The van der Waals surface area contributed by atoms with E-state index in [1.807, 2.05) is 0 Å². The molecule has 3 heteroatoms. The predicted molar refractivity (Wildman–Crippen MR) is 73.4 cm³/mol. The first kappa shape index (κ1) is 14.9. The van der Waals surface area contributed by atoms with Crippen LogP contribution in [0.2, 0.25) is 0 Å². The van der Waals surface area contributed by atoms with Crippen LogP contribution in [0.1, 0.15) is 40.0 Å². The van der Waals surface area contributed by atoms with Crippen molar-refractivity contribution in [3.63, 3.8) is 0 Å². The fourth-order valence-electron chi connectivity index (χ4n) is 2.80. The van der Waals surface area contributed by atoms with Gasteiger partial charge < -0.3 is 10.1 Å². The smallest absolute Gasteiger partial charge is 0.0700 e. The maximum Gasteiger partial charge on any atom is 0.0700 e. The molecule has 0 aromatic rings. The van der Waals surface area contributed by atoms with Crippen molar-refractivity contribution < 1.29 is 4.74 Å². The molecule has 0 aromatic heterocycles. The van der Waals surface area contributed by atoms with Gasteiger partial charge in [0.05, 0.1) is 12.7 Å². The number of hydrogen-bond donors (Lipinski definition) is 1. The zero-order valence-corrected chi connectivity index (χ0v) is 12.1. The van der Waals surface area contributed by atoms with E-state index in [0.717, 1.165) is 32.7 Å². The summed E-state index contributed by atoms with van der Waals surface area (Å²) in [7, 11) is 2.06. The first-order valence-corrected chi connectivity index (χ1v) is 7.18. The monoisotopic (exact) mass is 242 g/mol. The van der Waals surface area contributed by atoms with Crippen LogP contribution in [-0.2, 0) is 4.74 Å². The number of nitrogens with zero attached hydrogens (tertiary/aromatic N) is 1. The molecule has 0 saturated carbocycles. The number of ether oxygens (including phenoxy) is 1. The second-order valence-corrected chi connectivity index (χ2v) is 5.37. The minimum Gasteiger partial charge on any atom is -0.376 e. The van der Waals surface area contributed by atoms with Crippen LogP contribution in [0, 0.1) is 5.41 Å². The molecule has 0 aromatic carbocycles. The van der Waals surface area contributed by atoms with Crippen molar-refractivity contribution in [1.82, 2.24) is 10.2 Å². The van der Waals surface area contributed by atoms with E-state index in [1.165, 1.54) is 19.4 Å². The summed E-state index contributed by atoms with van der Waals surface area (Å²) in [5, 5.41) is 3.37. The maximum absolute atomic E-state index is 5.74. The predicted octanol–water partition coefficient (Wildman–Crippen LogP) is 2.12. The zero-order chi connectivity index (χ0) is 12.7. The summed E-state index contributed by atoms with van der Waals surface area (Å²) in [6, 6.07) is 0. The van der Waals surface area contributed by atoms with Gasteiger partial charge in [-0.15, -0.1) is 0 Å². The fourth-order valence-corrected chi connectivity index (χ4v) is 2.80. The second-order valence-electron chi connectivity index (χ2n) is 5.37. The van der Waals surface area contributed by atoms with Crippen molar-refractivity contribution >= 4 is 0 Å². The Balaban J connectivity index is 2.53. The molecule has 0 spiro atoms. The fraction of sp³-hybridized carbons (Fsp3) is 1.00. The molecule has 102 valence electrons. The zero-order valence-electron chi connectivity index (χ0n) is 12.1. The van der Waals surface area contributed by atoms with Crippen LogP contribution in [0.15, 0.2) is 0 Å². The molecular formula is C14H30N2O. The highest BCUT2D eigenvalue weighted by atomic mass is 16.5. The van der Waals surface area contributed by atoms with Crippen LogP contribution in [0.5, 0.6) is 0 Å². The minimum atomic E-state index is 0.435. The molecular weight excluding hydrogens is 212 g/mol. The number of morpholine rings is 1. The van der Waals surface area contributed by atoms with Crippen LogP contribution in [-0.4, -0.2) is 50.8 Å². The standard InChI is InChI=1S/C14H30N2O/c1-5-13-10-16(8-9-17-13)12-14(6-2,7-3)11-15-4/h13,15H,5-12H2,1-4H3. The molecule has 1 unspecified atom stereocenters. The molecule has 3 nitrogen and oxygen atoms in total. The number of rotatable bonds is 7. The lowest BCUT2D eigenvalue weighted by atomic mass is 9.81. The van der Waals surface area contributed by atoms with Crippen LogP contribution >= 0.6 is 0 Å². The van der Waals surface area contributed by atoms with Crippen LogP contribution < -0.4 is 5.32 Å². The molecule has 1 atom stereocenters. The SMILES string of the molecule is CCC1CN(CC(CC)(CC)CNC)CCO1. The second kappa shape index (κ2) is 7.34. The van der Waals surface area contributed by atoms with E-state index in [0.29, 0.717) is 11.5 Å². The van der Waals surface area contributed by atoms with E-state index in [-0.39, 0.29) is 0 Å². The molecule has 17 heavy (non-hydrogen) atoms. The average Bonchev–Trinajstić information content (AvgIpc) is 2.38. The molecule has 0 amide bonds. The van der Waals surface area contributed by atoms with Crippen LogP contribution in [0.25, 0.3) is 0 Å². The van der Waals surface area contributed by atoms with E-state index in [2.05, 4.69) is 38.0 Å². The molecule has 0 bridgehead atoms. The van der Waals surface area contributed by atoms with Gasteiger partial charge in [-0.25, -0.2) is 0 Å². The van der Waals surface area contributed by atoms with Gasteiger partial charge in [0.1, 0.15) is 0 Å². The third-order valence-electron chi connectivity index (χ3n) is 4.29. The highest BCUT2D eigenvalue weighted by molar-refractivity contribution is 4.84. The summed E-state index contributed by atoms with van der Waals surface area (Å²) in [5.74, 6) is 0. The van der Waals surface area contributed by atoms with Gasteiger partial charge in [-0.2, -0.15) is 0 Å². The third-order valence-corrected chi connectivity index (χ3v) is 4.29. The lowest BCUT2D eigenvalue weighted by molar-refractivity contribution is -0.0432. The molecule has 1 fully saturated rings. The van der Waals surface area contributed by atoms with Gasteiger partial charge in [0.15, 0.2) is 0 Å². The Morgan fingerprint density at radius 3 is 2.53 bits per heavy atom. The maximum atomic E-state index is 5.74. The quantitative estimate of drug-likeness (QED) is 0.740. The lowest BCUT2D eigenvalue weighted by Gasteiger charge is -2.40. The summed E-state index contributed by atoms with van der Waals surface area (Å²) in [6.07, 6.45) is 4.08. The summed E-state index contributed by atoms with van der Waals surface area (Å²) in [6.45, 7) is 12.3. The first-order valence-electron chi connectivity index (χ1n) is 7.18. The highest BCUT2D eigenvalue weighted by Gasteiger charge is 2.30. The van der Waals surface area contributed by atoms with Crippen LogP contribution in [0.4, 0.5) is 0 Å². The van der Waals surface area contributed by atoms with Gasteiger partial charge >= 0.3 is 0 Å². The average molecular weight is 242 g/mol. The van der Waals surface area contributed by atoms with Crippen molar-refractivity contribution in [3.05, 3.63) is 0 Å². The Labute approximate surface area is 107 Å². The van der Waals surface area contributed by atoms with Gasteiger partial charge in [-0.05, 0) is 31.7 Å². The van der Waals surface area contributed by atoms with Gasteiger partial charge in [-0.1, -0.05) is 20.8 Å². The van der Waals surface area contributed by atoms with E-state index in [9.17, 15) is 0 Å². The van der Waals surface area contributed by atoms with Crippen molar-refractivity contribution in [2.75, 3.05) is 39.8 Å². The normalized spacial score (nSPS) is 22.9. The lowest BCUT2D eigenvalue weighted by Crippen LogP contribution is -2.49. The Morgan fingerprint density at radius 1 is 1.29 bits per heavy atom. The summed E-state index contributed by atoms with van der Waals surface area (Å²) in [5.41, 5.74) is 0.435. The Bertz CT molecular complexity index is 204. The van der Waals surface area contributed by atoms with Gasteiger partial charge in [0, 0.05) is 26.2 Å². The topological polar surface area (TPSA) is 24.5 Å². The Kier molecular flexibility index (Phi) is 6.45. The molecule has 1 heterocycles. The Hall–Kier alpha value is -0.120. The molecule has 1 saturated heterocycles. The van der Waals surface area contributed by atoms with Gasteiger partial charge in [0.2, 0.25) is 0 Å². The molecule has 1 aliphatic rings. The van der Waals surface area contributed by atoms with E-state index >= 15 is 0 Å². The van der Waals surface area contributed by atoms with Gasteiger partial charge in [0.25, 0.3) is 0 Å². The third kappa shape index (κ3) is 4.23. The van der Waals surface area contributed by atoms with Gasteiger partial charge in [-0.3, -0.25) is 4.90 Å². The molecule has 1 rings (SSSR count). The van der Waals surface area contributed by atoms with Crippen LogP contribution in [0.3, 0.4) is 0 Å². The first-order chi connectivity index (χ1) is 8.19. The summed E-state index contributed by atoms with van der Waals surface area (Å²) < 4.78 is 5.74. The molecule has 0 radical (unpaired) electrons. The molecule has 1 aliphatic heterocycles. The van der Waals surface area contributed by atoms with Crippen molar-refractivity contribution in [2.24, 2.45) is 5.41 Å². The number of hydrogen-bond acceptors (Lipinski definition) is 3. The Morgan fingerprint density at radius 2 is 2.00 bits per heavy atom. The minimum absolute atomic E-state index is 0.435. The van der Waals surface area contributed by atoms with E-state index in [1.54, 1.807) is 0 Å². The summed E-state index contributed by atoms with van der Waals surface area (Å²) in [4.78, 5) is 2.60. The summed E-state index contributed by atoms with van der Waals surface area (Å²) >= 11 is 0. The van der Waals surface area contributed by atoms with E-state index < -0.39 is 0 Å².